The molecule has 3 heteroatoms. The van der Waals surface area contributed by atoms with E-state index in [4.69, 9.17) is 16.3 Å². The highest BCUT2D eigenvalue weighted by Crippen LogP contribution is 2.17. The van der Waals surface area contributed by atoms with E-state index in [1.54, 1.807) is 0 Å². The molecule has 1 heterocycles. The van der Waals surface area contributed by atoms with Crippen LogP contribution in [0.5, 0.6) is 0 Å². The van der Waals surface area contributed by atoms with Gasteiger partial charge in [0, 0.05) is 12.4 Å². The normalized spacial score (nSPS) is 20.6. The van der Waals surface area contributed by atoms with Crippen LogP contribution in [-0.2, 0) is 4.74 Å². The molecule has 0 atom stereocenters. The van der Waals surface area contributed by atoms with Gasteiger partial charge in [0.25, 0.3) is 0 Å². The van der Waals surface area contributed by atoms with Gasteiger partial charge in [-0.25, -0.2) is 0 Å². The highest BCUT2D eigenvalue weighted by Gasteiger charge is 2.17. The molecule has 14 heavy (non-hydrogen) atoms. The smallest absolute Gasteiger partial charge is 0.0596 e. The molecule has 0 N–H and O–H groups in total. The minimum absolute atomic E-state index is 0.357. The van der Waals surface area contributed by atoms with Gasteiger partial charge in [0.05, 0.1) is 12.7 Å². The molecule has 0 spiro atoms. The predicted molar refractivity (Wildman–Crippen MR) is 61.0 cm³/mol. The average Bonchev–Trinajstić information content (AvgIpc) is 2.18. The van der Waals surface area contributed by atoms with Crippen LogP contribution in [0.4, 0.5) is 0 Å². The van der Waals surface area contributed by atoms with Crippen molar-refractivity contribution < 1.29 is 4.74 Å². The van der Waals surface area contributed by atoms with Crippen molar-refractivity contribution in [1.82, 2.24) is 4.90 Å². The first-order chi connectivity index (χ1) is 6.72. The lowest BCUT2D eigenvalue weighted by Crippen LogP contribution is -2.36. The second kappa shape index (κ2) is 6.65. The fraction of sp³-hybridized carbons (Fsp3) is 1.00. The van der Waals surface area contributed by atoms with E-state index in [2.05, 4.69) is 18.7 Å². The lowest BCUT2D eigenvalue weighted by atomic mass is 9.99. The summed E-state index contributed by atoms with van der Waals surface area (Å²) in [6.07, 6.45) is 2.87. The first-order valence-corrected chi connectivity index (χ1v) is 6.15. The predicted octanol–water partition coefficient (Wildman–Crippen LogP) is 2.36. The van der Waals surface area contributed by atoms with E-state index < -0.39 is 0 Å². The lowest BCUT2D eigenvalue weighted by molar-refractivity contribution is 0.0518. The molecule has 84 valence electrons. The van der Waals surface area contributed by atoms with Gasteiger partial charge in [0.1, 0.15) is 0 Å². The number of nitrogens with zero attached hydrogens (tertiary/aromatic N) is 1. The lowest BCUT2D eigenvalue weighted by Gasteiger charge is -2.30. The summed E-state index contributed by atoms with van der Waals surface area (Å²) in [6.45, 7) is 8.49. The third-order valence-corrected chi connectivity index (χ3v) is 3.22. The quantitative estimate of drug-likeness (QED) is 0.659. The number of likely N-dealkylation sites (tertiary alicyclic amines) is 1. The van der Waals surface area contributed by atoms with Crippen LogP contribution in [0.15, 0.2) is 0 Å². The van der Waals surface area contributed by atoms with E-state index >= 15 is 0 Å². The fourth-order valence-electron chi connectivity index (χ4n) is 1.78. The molecule has 0 aliphatic carbocycles. The maximum Gasteiger partial charge on any atom is 0.0596 e. The van der Waals surface area contributed by atoms with Gasteiger partial charge in [0.15, 0.2) is 0 Å². The zero-order valence-electron chi connectivity index (χ0n) is 9.34. The number of hydrogen-bond acceptors (Lipinski definition) is 2. The molecule has 0 bridgehead atoms. The molecule has 1 rings (SSSR count). The van der Waals surface area contributed by atoms with Crippen molar-refractivity contribution in [3.05, 3.63) is 0 Å². The van der Waals surface area contributed by atoms with E-state index in [9.17, 15) is 0 Å². The third kappa shape index (κ3) is 4.63. The van der Waals surface area contributed by atoms with E-state index in [0.29, 0.717) is 6.10 Å². The number of rotatable bonds is 5. The van der Waals surface area contributed by atoms with Gasteiger partial charge in [-0.2, -0.15) is 0 Å². The zero-order valence-corrected chi connectivity index (χ0v) is 10.1. The molecule has 0 aromatic heterocycles. The minimum atomic E-state index is 0.357. The van der Waals surface area contributed by atoms with Crippen molar-refractivity contribution in [2.45, 2.75) is 32.8 Å². The topological polar surface area (TPSA) is 12.5 Å². The summed E-state index contributed by atoms with van der Waals surface area (Å²) in [5, 5.41) is 0. The average molecular weight is 220 g/mol. The van der Waals surface area contributed by atoms with Crippen molar-refractivity contribution in [3.63, 3.8) is 0 Å². The highest BCUT2D eigenvalue weighted by molar-refractivity contribution is 6.18. The number of halogens is 1. The Morgan fingerprint density at radius 1 is 1.36 bits per heavy atom. The Bertz CT molecular complexity index is 144. The van der Waals surface area contributed by atoms with Gasteiger partial charge in [-0.05, 0) is 45.7 Å². The van der Waals surface area contributed by atoms with E-state index in [1.807, 2.05) is 0 Å². The van der Waals surface area contributed by atoms with E-state index in [0.717, 1.165) is 24.9 Å². The van der Waals surface area contributed by atoms with Gasteiger partial charge < -0.3 is 9.64 Å². The SMILES string of the molecule is CC(C)OCCN1CCC(CCl)CC1. The molecule has 1 fully saturated rings. The number of hydrogen-bond donors (Lipinski definition) is 0. The number of ether oxygens (including phenoxy) is 1. The van der Waals surface area contributed by atoms with Crippen molar-refractivity contribution >= 4 is 11.6 Å². The maximum absolute atomic E-state index is 5.83. The van der Waals surface area contributed by atoms with Gasteiger partial charge in [-0.3, -0.25) is 0 Å². The summed E-state index contributed by atoms with van der Waals surface area (Å²) in [7, 11) is 0. The standard InChI is InChI=1S/C11H22ClNO/c1-10(2)14-8-7-13-5-3-11(9-12)4-6-13/h10-11H,3-9H2,1-2H3. The van der Waals surface area contributed by atoms with Crippen LogP contribution < -0.4 is 0 Å². The summed E-state index contributed by atoms with van der Waals surface area (Å²) in [4.78, 5) is 2.48. The summed E-state index contributed by atoms with van der Waals surface area (Å²) >= 11 is 5.83. The van der Waals surface area contributed by atoms with Crippen molar-refractivity contribution in [2.75, 3.05) is 32.1 Å². The molecular weight excluding hydrogens is 198 g/mol. The molecule has 0 unspecified atom stereocenters. The molecule has 0 amide bonds. The Labute approximate surface area is 92.6 Å². The monoisotopic (exact) mass is 219 g/mol. The van der Waals surface area contributed by atoms with Gasteiger partial charge >= 0.3 is 0 Å². The third-order valence-electron chi connectivity index (χ3n) is 2.78. The molecule has 0 aromatic rings. The molecule has 1 aliphatic rings. The second-order valence-electron chi connectivity index (χ2n) is 4.36. The Morgan fingerprint density at radius 3 is 2.50 bits per heavy atom. The first kappa shape index (κ1) is 12.3. The van der Waals surface area contributed by atoms with Crippen LogP contribution >= 0.6 is 11.6 Å². The Morgan fingerprint density at radius 2 is 2.00 bits per heavy atom. The molecule has 0 saturated carbocycles. The van der Waals surface area contributed by atoms with Gasteiger partial charge in [0.2, 0.25) is 0 Å². The van der Waals surface area contributed by atoms with Crippen LogP contribution in [0.25, 0.3) is 0 Å². The second-order valence-corrected chi connectivity index (χ2v) is 4.67. The summed E-state index contributed by atoms with van der Waals surface area (Å²) in [6, 6.07) is 0. The molecular formula is C11H22ClNO. The molecule has 0 aromatic carbocycles. The molecule has 2 nitrogen and oxygen atoms in total. The van der Waals surface area contributed by atoms with E-state index in [-0.39, 0.29) is 0 Å². The Kier molecular flexibility index (Phi) is 5.83. The molecule has 0 radical (unpaired) electrons. The minimum Gasteiger partial charge on any atom is -0.377 e. The van der Waals surface area contributed by atoms with Crippen molar-refractivity contribution in [2.24, 2.45) is 5.92 Å². The van der Waals surface area contributed by atoms with Crippen LogP contribution in [0.1, 0.15) is 26.7 Å². The van der Waals surface area contributed by atoms with Crippen LogP contribution in [0.2, 0.25) is 0 Å². The number of piperidine rings is 1. The van der Waals surface area contributed by atoms with Crippen LogP contribution in [0, 0.1) is 5.92 Å². The highest BCUT2D eigenvalue weighted by atomic mass is 35.5. The Balaban J connectivity index is 2.04. The zero-order chi connectivity index (χ0) is 10.4. The summed E-state index contributed by atoms with van der Waals surface area (Å²) in [5.41, 5.74) is 0. The fourth-order valence-corrected chi connectivity index (χ4v) is 2.09. The van der Waals surface area contributed by atoms with Gasteiger partial charge in [-0.15, -0.1) is 11.6 Å². The summed E-state index contributed by atoms with van der Waals surface area (Å²) < 4.78 is 5.53. The van der Waals surface area contributed by atoms with Crippen LogP contribution in [0.3, 0.4) is 0 Å². The maximum atomic E-state index is 5.83. The largest absolute Gasteiger partial charge is 0.377 e. The molecule has 1 aliphatic heterocycles. The molecule has 1 saturated heterocycles. The van der Waals surface area contributed by atoms with Crippen LogP contribution in [-0.4, -0.2) is 43.1 Å². The number of alkyl halides is 1. The summed E-state index contributed by atoms with van der Waals surface area (Å²) in [5.74, 6) is 1.58. The van der Waals surface area contributed by atoms with Gasteiger partial charge in [-0.1, -0.05) is 0 Å². The van der Waals surface area contributed by atoms with Crippen molar-refractivity contribution in [3.8, 4) is 0 Å². The van der Waals surface area contributed by atoms with E-state index in [1.165, 1.54) is 25.9 Å². The first-order valence-electron chi connectivity index (χ1n) is 5.62. The Hall–Kier alpha value is 0.210. The van der Waals surface area contributed by atoms with Crippen molar-refractivity contribution in [1.29, 1.82) is 0 Å².